The molecular formula is C20H25N3. The van der Waals surface area contributed by atoms with Crippen molar-refractivity contribution in [1.29, 1.82) is 0 Å². The Morgan fingerprint density at radius 2 is 1.87 bits per heavy atom. The lowest BCUT2D eigenvalue weighted by Gasteiger charge is -2.22. The number of benzene rings is 1. The number of allylic oxidation sites excluding steroid dienone is 1. The van der Waals surface area contributed by atoms with E-state index in [9.17, 15) is 0 Å². The number of hydrogen-bond donors (Lipinski definition) is 1. The maximum absolute atomic E-state index is 4.91. The third kappa shape index (κ3) is 3.24. The maximum Gasteiger partial charge on any atom is 0.147 e. The largest absolute Gasteiger partial charge is 0.365 e. The highest BCUT2D eigenvalue weighted by molar-refractivity contribution is 5.95. The molecule has 120 valence electrons. The predicted molar refractivity (Wildman–Crippen MR) is 99.9 cm³/mol. The molecule has 3 rings (SSSR count). The molecule has 0 atom stereocenters. The summed E-state index contributed by atoms with van der Waals surface area (Å²) in [5.41, 5.74) is 1.96. The molecule has 23 heavy (non-hydrogen) atoms. The smallest absolute Gasteiger partial charge is 0.147 e. The van der Waals surface area contributed by atoms with E-state index in [-0.39, 0.29) is 5.54 Å². The van der Waals surface area contributed by atoms with Crippen LogP contribution in [0.25, 0.3) is 22.5 Å². The van der Waals surface area contributed by atoms with Gasteiger partial charge in [-0.3, -0.25) is 4.40 Å². The van der Waals surface area contributed by atoms with E-state index in [0.717, 1.165) is 17.2 Å². The molecule has 1 N–H and O–H groups in total. The maximum atomic E-state index is 4.91. The zero-order valence-corrected chi connectivity index (χ0v) is 14.6. The highest BCUT2D eigenvalue weighted by Gasteiger charge is 2.17. The summed E-state index contributed by atoms with van der Waals surface area (Å²) in [6.07, 6.45) is 6.42. The van der Waals surface area contributed by atoms with Crippen molar-refractivity contribution in [3.05, 3.63) is 48.3 Å². The van der Waals surface area contributed by atoms with Gasteiger partial charge in [0.25, 0.3) is 0 Å². The number of rotatable bonds is 3. The standard InChI is InChI=1S/C20H25N3/c1-14(2)10-11-17-19(22-20(3,4)5)23-13-12-15-8-6-7-9-16(15)18(23)21-17/h6-14,22H,1-5H3/b11-10+. The van der Waals surface area contributed by atoms with E-state index in [1.165, 1.54) is 10.8 Å². The van der Waals surface area contributed by atoms with Crippen LogP contribution in [-0.2, 0) is 0 Å². The van der Waals surface area contributed by atoms with Crippen molar-refractivity contribution in [3.8, 4) is 0 Å². The molecule has 0 aliphatic rings. The molecule has 0 unspecified atom stereocenters. The van der Waals surface area contributed by atoms with Gasteiger partial charge in [-0.25, -0.2) is 4.98 Å². The molecule has 3 heteroatoms. The molecular weight excluding hydrogens is 282 g/mol. The average Bonchev–Trinajstić information content (AvgIpc) is 2.81. The minimum absolute atomic E-state index is 0.0258. The van der Waals surface area contributed by atoms with E-state index < -0.39 is 0 Å². The second-order valence-electron chi connectivity index (χ2n) is 7.42. The SMILES string of the molecule is CC(C)/C=C/c1nc2c3ccccc3ccn2c1NC(C)(C)C. The van der Waals surface area contributed by atoms with Crippen LogP contribution >= 0.6 is 0 Å². The molecule has 0 aliphatic carbocycles. The minimum atomic E-state index is -0.0258. The Labute approximate surface area is 138 Å². The van der Waals surface area contributed by atoms with Gasteiger partial charge in [-0.2, -0.15) is 0 Å². The first kappa shape index (κ1) is 15.6. The second kappa shape index (κ2) is 5.73. The van der Waals surface area contributed by atoms with Crippen LogP contribution in [-0.4, -0.2) is 14.9 Å². The van der Waals surface area contributed by atoms with Crippen LogP contribution in [0.15, 0.2) is 42.6 Å². The van der Waals surface area contributed by atoms with Crippen LogP contribution in [0.2, 0.25) is 0 Å². The van der Waals surface area contributed by atoms with Gasteiger partial charge < -0.3 is 5.32 Å². The Balaban J connectivity index is 2.27. The van der Waals surface area contributed by atoms with Crippen molar-refractivity contribution in [2.75, 3.05) is 5.32 Å². The van der Waals surface area contributed by atoms with Crippen molar-refractivity contribution in [3.63, 3.8) is 0 Å². The third-order valence-corrected chi connectivity index (χ3v) is 3.68. The van der Waals surface area contributed by atoms with Gasteiger partial charge in [0.15, 0.2) is 0 Å². The van der Waals surface area contributed by atoms with Crippen molar-refractivity contribution in [2.45, 2.75) is 40.2 Å². The number of imidazole rings is 1. The molecule has 0 amide bonds. The van der Waals surface area contributed by atoms with Crippen LogP contribution in [0.3, 0.4) is 0 Å². The molecule has 3 aromatic rings. The number of hydrogen-bond acceptors (Lipinski definition) is 2. The third-order valence-electron chi connectivity index (χ3n) is 3.68. The molecule has 3 nitrogen and oxygen atoms in total. The van der Waals surface area contributed by atoms with Crippen molar-refractivity contribution in [1.82, 2.24) is 9.38 Å². The number of pyridine rings is 1. The van der Waals surface area contributed by atoms with Gasteiger partial charge in [0.1, 0.15) is 17.2 Å². The Morgan fingerprint density at radius 1 is 1.13 bits per heavy atom. The lowest BCUT2D eigenvalue weighted by atomic mass is 10.1. The second-order valence-corrected chi connectivity index (χ2v) is 7.42. The lowest BCUT2D eigenvalue weighted by molar-refractivity contribution is 0.629. The van der Waals surface area contributed by atoms with Crippen LogP contribution in [0.4, 0.5) is 5.82 Å². The van der Waals surface area contributed by atoms with E-state index in [1.54, 1.807) is 0 Å². The highest BCUT2D eigenvalue weighted by atomic mass is 15.2. The van der Waals surface area contributed by atoms with E-state index in [4.69, 9.17) is 4.98 Å². The first-order chi connectivity index (χ1) is 10.8. The van der Waals surface area contributed by atoms with Crippen molar-refractivity contribution >= 4 is 28.3 Å². The van der Waals surface area contributed by atoms with Crippen molar-refractivity contribution in [2.24, 2.45) is 5.92 Å². The van der Waals surface area contributed by atoms with E-state index in [0.29, 0.717) is 5.92 Å². The highest BCUT2D eigenvalue weighted by Crippen LogP contribution is 2.28. The predicted octanol–water partition coefficient (Wildman–Crippen LogP) is 5.37. The van der Waals surface area contributed by atoms with Gasteiger partial charge in [-0.1, -0.05) is 44.2 Å². The van der Waals surface area contributed by atoms with Gasteiger partial charge in [0, 0.05) is 17.1 Å². The van der Waals surface area contributed by atoms with E-state index in [2.05, 4.69) is 93.0 Å². The van der Waals surface area contributed by atoms with Gasteiger partial charge in [-0.15, -0.1) is 0 Å². The Hall–Kier alpha value is -2.29. The summed E-state index contributed by atoms with van der Waals surface area (Å²) >= 11 is 0. The molecule has 0 radical (unpaired) electrons. The molecule has 0 saturated heterocycles. The summed E-state index contributed by atoms with van der Waals surface area (Å²) in [4.78, 5) is 4.91. The van der Waals surface area contributed by atoms with Crippen LogP contribution < -0.4 is 5.32 Å². The normalized spacial score (nSPS) is 12.8. The average molecular weight is 307 g/mol. The van der Waals surface area contributed by atoms with Crippen LogP contribution in [0.1, 0.15) is 40.3 Å². The fraction of sp³-hybridized carbons (Fsp3) is 0.350. The summed E-state index contributed by atoms with van der Waals surface area (Å²) in [6, 6.07) is 10.5. The zero-order valence-electron chi connectivity index (χ0n) is 14.6. The Kier molecular flexibility index (Phi) is 3.88. The molecule has 0 spiro atoms. The summed E-state index contributed by atoms with van der Waals surface area (Å²) in [5, 5.41) is 6.00. The quantitative estimate of drug-likeness (QED) is 0.705. The van der Waals surface area contributed by atoms with Gasteiger partial charge >= 0.3 is 0 Å². The van der Waals surface area contributed by atoms with Crippen LogP contribution in [0, 0.1) is 5.92 Å². The summed E-state index contributed by atoms with van der Waals surface area (Å²) in [6.45, 7) is 10.9. The number of fused-ring (bicyclic) bond motifs is 3. The Bertz CT molecular complexity index is 864. The fourth-order valence-corrected chi connectivity index (χ4v) is 2.67. The molecule has 2 heterocycles. The number of aromatic nitrogens is 2. The van der Waals surface area contributed by atoms with E-state index >= 15 is 0 Å². The molecule has 0 aliphatic heterocycles. The molecule has 0 fully saturated rings. The molecule has 0 saturated carbocycles. The molecule has 2 aromatic heterocycles. The topological polar surface area (TPSA) is 29.3 Å². The first-order valence-electron chi connectivity index (χ1n) is 8.21. The molecule has 1 aromatic carbocycles. The number of nitrogens with zero attached hydrogens (tertiary/aromatic N) is 2. The monoisotopic (exact) mass is 307 g/mol. The van der Waals surface area contributed by atoms with Gasteiger partial charge in [0.05, 0.1) is 0 Å². The summed E-state index contributed by atoms with van der Waals surface area (Å²) < 4.78 is 2.16. The van der Waals surface area contributed by atoms with Crippen LogP contribution in [0.5, 0.6) is 0 Å². The first-order valence-corrected chi connectivity index (χ1v) is 8.21. The van der Waals surface area contributed by atoms with Crippen molar-refractivity contribution < 1.29 is 0 Å². The van der Waals surface area contributed by atoms with E-state index in [1.807, 2.05) is 0 Å². The van der Waals surface area contributed by atoms with Gasteiger partial charge in [-0.05, 0) is 44.2 Å². The molecule has 0 bridgehead atoms. The zero-order chi connectivity index (χ0) is 16.6. The number of nitrogens with one attached hydrogen (secondary N) is 1. The summed E-state index contributed by atoms with van der Waals surface area (Å²) in [7, 11) is 0. The fourth-order valence-electron chi connectivity index (χ4n) is 2.67. The Morgan fingerprint density at radius 3 is 2.57 bits per heavy atom. The summed E-state index contributed by atoms with van der Waals surface area (Å²) in [5.74, 6) is 1.55. The lowest BCUT2D eigenvalue weighted by Crippen LogP contribution is -2.27. The van der Waals surface area contributed by atoms with Gasteiger partial charge in [0.2, 0.25) is 0 Å². The minimum Gasteiger partial charge on any atom is -0.365 e. The number of anilines is 1.